The summed E-state index contributed by atoms with van der Waals surface area (Å²) in [6.45, 7) is 8.88. The molecule has 2 unspecified atom stereocenters. The Balaban J connectivity index is 2.13. The van der Waals surface area contributed by atoms with E-state index in [9.17, 15) is 0 Å². The first-order valence-corrected chi connectivity index (χ1v) is 6.86. The average molecular weight is 253 g/mol. The van der Waals surface area contributed by atoms with E-state index < -0.39 is 0 Å². The second kappa shape index (κ2) is 5.80. The SMILES string of the molecule is CCOC(CC)c1noc(C2(C)CCCNC2)n1. The topological polar surface area (TPSA) is 60.2 Å². The van der Waals surface area contributed by atoms with Gasteiger partial charge in [-0.2, -0.15) is 4.98 Å². The van der Waals surface area contributed by atoms with E-state index in [2.05, 4.69) is 29.3 Å². The third kappa shape index (κ3) is 2.72. The smallest absolute Gasteiger partial charge is 0.233 e. The van der Waals surface area contributed by atoms with Crippen LogP contribution >= 0.6 is 0 Å². The molecule has 5 heteroatoms. The Morgan fingerprint density at radius 2 is 2.33 bits per heavy atom. The van der Waals surface area contributed by atoms with E-state index >= 15 is 0 Å². The van der Waals surface area contributed by atoms with Crippen molar-refractivity contribution in [1.29, 1.82) is 0 Å². The van der Waals surface area contributed by atoms with Crippen LogP contribution in [0, 0.1) is 0 Å². The van der Waals surface area contributed by atoms with Crippen molar-refractivity contribution in [3.63, 3.8) is 0 Å². The van der Waals surface area contributed by atoms with Crippen molar-refractivity contribution in [1.82, 2.24) is 15.5 Å². The van der Waals surface area contributed by atoms with Crippen LogP contribution in [0.5, 0.6) is 0 Å². The van der Waals surface area contributed by atoms with Crippen molar-refractivity contribution in [2.45, 2.75) is 51.6 Å². The van der Waals surface area contributed by atoms with Gasteiger partial charge >= 0.3 is 0 Å². The van der Waals surface area contributed by atoms with Crippen molar-refractivity contribution in [2.24, 2.45) is 0 Å². The minimum Gasteiger partial charge on any atom is -0.370 e. The molecule has 102 valence electrons. The summed E-state index contributed by atoms with van der Waals surface area (Å²) in [7, 11) is 0. The quantitative estimate of drug-likeness (QED) is 0.871. The van der Waals surface area contributed by atoms with Gasteiger partial charge in [-0.3, -0.25) is 0 Å². The molecular weight excluding hydrogens is 230 g/mol. The Labute approximate surface area is 108 Å². The van der Waals surface area contributed by atoms with Crippen molar-refractivity contribution in [3.8, 4) is 0 Å². The van der Waals surface area contributed by atoms with Crippen LogP contribution in [0.25, 0.3) is 0 Å². The molecule has 1 saturated heterocycles. The zero-order chi connectivity index (χ0) is 13.0. The molecule has 0 aromatic carbocycles. The second-order valence-corrected chi connectivity index (χ2v) is 5.15. The first-order valence-electron chi connectivity index (χ1n) is 6.86. The summed E-state index contributed by atoms with van der Waals surface area (Å²) in [4.78, 5) is 4.55. The lowest BCUT2D eigenvalue weighted by molar-refractivity contribution is 0.0518. The number of nitrogens with zero attached hydrogens (tertiary/aromatic N) is 2. The summed E-state index contributed by atoms with van der Waals surface area (Å²) < 4.78 is 11.1. The van der Waals surface area contributed by atoms with Gasteiger partial charge in [-0.15, -0.1) is 0 Å². The number of aromatic nitrogens is 2. The predicted octanol–water partition coefficient (Wildman–Crippen LogP) is 2.20. The average Bonchev–Trinajstić information content (AvgIpc) is 2.87. The van der Waals surface area contributed by atoms with E-state index in [1.165, 1.54) is 0 Å². The maximum atomic E-state index is 5.61. The number of ether oxygens (including phenoxy) is 1. The molecule has 2 rings (SSSR count). The Kier molecular flexibility index (Phi) is 4.35. The van der Waals surface area contributed by atoms with Gasteiger partial charge in [0, 0.05) is 13.2 Å². The van der Waals surface area contributed by atoms with Crippen LogP contribution in [-0.2, 0) is 10.2 Å². The highest BCUT2D eigenvalue weighted by Crippen LogP contribution is 2.30. The van der Waals surface area contributed by atoms with Crippen LogP contribution in [0.3, 0.4) is 0 Å². The largest absolute Gasteiger partial charge is 0.370 e. The maximum absolute atomic E-state index is 5.61. The molecule has 0 spiro atoms. The lowest BCUT2D eigenvalue weighted by atomic mass is 9.83. The molecule has 2 heterocycles. The highest BCUT2D eigenvalue weighted by atomic mass is 16.5. The zero-order valence-electron chi connectivity index (χ0n) is 11.5. The molecule has 1 fully saturated rings. The summed E-state index contributed by atoms with van der Waals surface area (Å²) in [5.41, 5.74) is -0.0337. The Morgan fingerprint density at radius 3 is 2.94 bits per heavy atom. The second-order valence-electron chi connectivity index (χ2n) is 5.15. The third-order valence-electron chi connectivity index (χ3n) is 3.58. The van der Waals surface area contributed by atoms with E-state index in [1.807, 2.05) is 6.92 Å². The fraction of sp³-hybridized carbons (Fsp3) is 0.846. The molecule has 0 radical (unpaired) electrons. The molecule has 18 heavy (non-hydrogen) atoms. The molecule has 0 bridgehead atoms. The Bertz CT molecular complexity index is 372. The van der Waals surface area contributed by atoms with Crippen molar-refractivity contribution in [3.05, 3.63) is 11.7 Å². The first-order chi connectivity index (χ1) is 8.69. The highest BCUT2D eigenvalue weighted by Gasteiger charge is 2.35. The van der Waals surface area contributed by atoms with E-state index in [0.29, 0.717) is 12.4 Å². The van der Waals surface area contributed by atoms with Crippen LogP contribution in [0.4, 0.5) is 0 Å². The first kappa shape index (κ1) is 13.5. The molecule has 1 aliphatic heterocycles. The van der Waals surface area contributed by atoms with Crippen molar-refractivity contribution in [2.75, 3.05) is 19.7 Å². The lowest BCUT2D eigenvalue weighted by Crippen LogP contribution is -2.41. The highest BCUT2D eigenvalue weighted by molar-refractivity contribution is 5.07. The van der Waals surface area contributed by atoms with Gasteiger partial charge in [0.25, 0.3) is 0 Å². The Morgan fingerprint density at radius 1 is 1.50 bits per heavy atom. The number of piperidine rings is 1. The van der Waals surface area contributed by atoms with E-state index in [4.69, 9.17) is 9.26 Å². The van der Waals surface area contributed by atoms with Crippen molar-refractivity contribution >= 4 is 0 Å². The normalized spacial score (nSPS) is 26.2. The minimum atomic E-state index is -0.0485. The summed E-state index contributed by atoms with van der Waals surface area (Å²) in [5.74, 6) is 1.42. The number of rotatable bonds is 5. The van der Waals surface area contributed by atoms with Gasteiger partial charge in [-0.05, 0) is 39.7 Å². The lowest BCUT2D eigenvalue weighted by Gasteiger charge is -2.30. The molecule has 1 N–H and O–H groups in total. The zero-order valence-corrected chi connectivity index (χ0v) is 11.5. The molecule has 0 saturated carbocycles. The van der Waals surface area contributed by atoms with E-state index in [1.54, 1.807) is 0 Å². The third-order valence-corrected chi connectivity index (χ3v) is 3.58. The number of hydrogen-bond acceptors (Lipinski definition) is 5. The van der Waals surface area contributed by atoms with Crippen LogP contribution in [0.1, 0.15) is 57.9 Å². The van der Waals surface area contributed by atoms with Gasteiger partial charge in [0.2, 0.25) is 11.7 Å². The maximum Gasteiger partial charge on any atom is 0.233 e. The summed E-state index contributed by atoms with van der Waals surface area (Å²) in [6, 6.07) is 0. The van der Waals surface area contributed by atoms with Gasteiger partial charge < -0.3 is 14.6 Å². The van der Waals surface area contributed by atoms with Gasteiger partial charge in [0.15, 0.2) is 0 Å². The summed E-state index contributed by atoms with van der Waals surface area (Å²) in [5, 5.41) is 7.48. The predicted molar refractivity (Wildman–Crippen MR) is 68.4 cm³/mol. The monoisotopic (exact) mass is 253 g/mol. The molecule has 0 aliphatic carbocycles. The van der Waals surface area contributed by atoms with Gasteiger partial charge in [0.1, 0.15) is 6.10 Å². The van der Waals surface area contributed by atoms with Gasteiger partial charge in [0.05, 0.1) is 5.41 Å². The van der Waals surface area contributed by atoms with E-state index in [0.717, 1.165) is 38.2 Å². The molecule has 5 nitrogen and oxygen atoms in total. The van der Waals surface area contributed by atoms with Crippen molar-refractivity contribution < 1.29 is 9.26 Å². The molecular formula is C13H23N3O2. The molecule has 0 amide bonds. The van der Waals surface area contributed by atoms with Crippen LogP contribution in [0.2, 0.25) is 0 Å². The fourth-order valence-corrected chi connectivity index (χ4v) is 2.43. The minimum absolute atomic E-state index is 0.0337. The van der Waals surface area contributed by atoms with Gasteiger partial charge in [-0.25, -0.2) is 0 Å². The Hall–Kier alpha value is -0.940. The molecule has 1 aromatic rings. The van der Waals surface area contributed by atoms with E-state index in [-0.39, 0.29) is 11.5 Å². The van der Waals surface area contributed by atoms with Crippen LogP contribution in [-0.4, -0.2) is 29.8 Å². The van der Waals surface area contributed by atoms with Crippen LogP contribution < -0.4 is 5.32 Å². The molecule has 2 atom stereocenters. The number of nitrogens with one attached hydrogen (secondary N) is 1. The summed E-state index contributed by atoms with van der Waals surface area (Å²) >= 11 is 0. The molecule has 1 aromatic heterocycles. The standard InChI is InChI=1S/C13H23N3O2/c1-4-10(17-5-2)11-15-12(18-16-11)13(3)7-6-8-14-9-13/h10,14H,4-9H2,1-3H3. The summed E-state index contributed by atoms with van der Waals surface area (Å²) in [6.07, 6.45) is 3.05. The fourth-order valence-electron chi connectivity index (χ4n) is 2.43. The molecule has 1 aliphatic rings. The number of hydrogen-bond donors (Lipinski definition) is 1. The van der Waals surface area contributed by atoms with Crippen LogP contribution in [0.15, 0.2) is 4.52 Å². The van der Waals surface area contributed by atoms with Gasteiger partial charge in [-0.1, -0.05) is 12.1 Å².